The van der Waals surface area contributed by atoms with E-state index in [4.69, 9.17) is 9.84 Å². The number of carboxylic acids is 1. The summed E-state index contributed by atoms with van der Waals surface area (Å²) in [5.41, 5.74) is 0. The number of carbonyl (C=O) groups is 1. The van der Waals surface area contributed by atoms with Crippen molar-refractivity contribution >= 4 is 5.97 Å². The molecule has 0 aliphatic carbocycles. The molecule has 4 nitrogen and oxygen atoms in total. The van der Waals surface area contributed by atoms with Gasteiger partial charge in [-0.3, -0.25) is 4.79 Å². The summed E-state index contributed by atoms with van der Waals surface area (Å²) in [5.74, 6) is -0.668. The van der Waals surface area contributed by atoms with Gasteiger partial charge in [-0.05, 0) is 25.3 Å². The lowest BCUT2D eigenvalue weighted by atomic mass is 10.0. The third-order valence-electron chi connectivity index (χ3n) is 2.11. The van der Waals surface area contributed by atoms with Crippen LogP contribution in [0, 0.1) is 5.92 Å². The van der Waals surface area contributed by atoms with Gasteiger partial charge in [0.1, 0.15) is 6.04 Å². The van der Waals surface area contributed by atoms with Crippen molar-refractivity contribution in [1.82, 2.24) is 5.32 Å². The van der Waals surface area contributed by atoms with Crippen LogP contribution in [0.4, 0.5) is 0 Å². The van der Waals surface area contributed by atoms with Gasteiger partial charge in [-0.15, -0.1) is 0 Å². The molecule has 0 aromatic heterocycles. The Morgan fingerprint density at radius 1 is 1.40 bits per heavy atom. The predicted molar refractivity (Wildman–Crippen MR) is 60.0 cm³/mol. The fraction of sp³-hybridized carbons (Fsp3) is 0.909. The number of carboxylic acid groups (broad SMARTS) is 1. The molecule has 0 bridgehead atoms. The summed E-state index contributed by atoms with van der Waals surface area (Å²) in [6.45, 7) is 8.05. The van der Waals surface area contributed by atoms with E-state index in [-0.39, 0.29) is 5.92 Å². The van der Waals surface area contributed by atoms with E-state index in [9.17, 15) is 4.79 Å². The van der Waals surface area contributed by atoms with E-state index in [1.54, 1.807) is 0 Å². The Hall–Kier alpha value is -0.610. The molecule has 15 heavy (non-hydrogen) atoms. The zero-order valence-electron chi connectivity index (χ0n) is 9.95. The van der Waals surface area contributed by atoms with Crippen LogP contribution in [-0.4, -0.2) is 36.9 Å². The summed E-state index contributed by atoms with van der Waals surface area (Å²) in [6.07, 6.45) is 1.88. The van der Waals surface area contributed by atoms with Gasteiger partial charge in [-0.25, -0.2) is 0 Å². The van der Waals surface area contributed by atoms with Crippen LogP contribution in [0.3, 0.4) is 0 Å². The van der Waals surface area contributed by atoms with Gasteiger partial charge in [0.2, 0.25) is 0 Å². The number of hydrogen-bond donors (Lipinski definition) is 2. The zero-order chi connectivity index (χ0) is 11.7. The van der Waals surface area contributed by atoms with Crippen LogP contribution in [0.15, 0.2) is 0 Å². The Morgan fingerprint density at radius 2 is 2.07 bits per heavy atom. The molecule has 0 aromatic carbocycles. The van der Waals surface area contributed by atoms with Gasteiger partial charge in [0, 0.05) is 13.2 Å². The molecule has 0 saturated heterocycles. The number of ether oxygens (including phenoxy) is 1. The third kappa shape index (κ3) is 7.33. The zero-order valence-corrected chi connectivity index (χ0v) is 9.95. The van der Waals surface area contributed by atoms with Crippen LogP contribution in [0.5, 0.6) is 0 Å². The summed E-state index contributed by atoms with van der Waals surface area (Å²) in [6, 6.07) is -0.448. The summed E-state index contributed by atoms with van der Waals surface area (Å²) in [4.78, 5) is 10.8. The highest BCUT2D eigenvalue weighted by Crippen LogP contribution is 2.01. The van der Waals surface area contributed by atoms with Crippen LogP contribution >= 0.6 is 0 Å². The molecule has 2 N–H and O–H groups in total. The van der Waals surface area contributed by atoms with E-state index in [0.29, 0.717) is 13.2 Å². The standard InChI is InChI=1S/C11H23NO3/c1-4-7-15-8-5-6-12-10(9(2)3)11(13)14/h9-10,12H,4-8H2,1-3H3,(H,13,14). The Kier molecular flexibility index (Phi) is 8.33. The van der Waals surface area contributed by atoms with Crippen molar-refractivity contribution in [2.75, 3.05) is 19.8 Å². The van der Waals surface area contributed by atoms with E-state index in [2.05, 4.69) is 12.2 Å². The highest BCUT2D eigenvalue weighted by molar-refractivity contribution is 5.73. The normalized spacial score (nSPS) is 13.1. The molecule has 1 unspecified atom stereocenters. The van der Waals surface area contributed by atoms with Crippen LogP contribution in [0.1, 0.15) is 33.6 Å². The quantitative estimate of drug-likeness (QED) is 0.575. The second-order valence-corrected chi connectivity index (χ2v) is 3.98. The first-order valence-electron chi connectivity index (χ1n) is 5.63. The molecule has 0 spiro atoms. The molecule has 0 aliphatic rings. The Morgan fingerprint density at radius 3 is 2.53 bits per heavy atom. The lowest BCUT2D eigenvalue weighted by Crippen LogP contribution is -2.41. The van der Waals surface area contributed by atoms with Crippen molar-refractivity contribution in [3.05, 3.63) is 0 Å². The molecular weight excluding hydrogens is 194 g/mol. The van der Waals surface area contributed by atoms with E-state index >= 15 is 0 Å². The van der Waals surface area contributed by atoms with Crippen molar-refractivity contribution in [2.24, 2.45) is 5.92 Å². The van der Waals surface area contributed by atoms with E-state index < -0.39 is 12.0 Å². The number of hydrogen-bond acceptors (Lipinski definition) is 3. The second-order valence-electron chi connectivity index (χ2n) is 3.98. The fourth-order valence-electron chi connectivity index (χ4n) is 1.29. The molecule has 0 rings (SSSR count). The lowest BCUT2D eigenvalue weighted by molar-refractivity contribution is -0.140. The first kappa shape index (κ1) is 14.4. The Bertz CT molecular complexity index is 171. The largest absolute Gasteiger partial charge is 0.480 e. The average molecular weight is 217 g/mol. The average Bonchev–Trinajstić information content (AvgIpc) is 2.15. The predicted octanol–water partition coefficient (Wildman–Crippen LogP) is 1.50. The number of rotatable bonds is 9. The summed E-state index contributed by atoms with van der Waals surface area (Å²) in [7, 11) is 0. The van der Waals surface area contributed by atoms with Crippen LogP contribution in [-0.2, 0) is 9.53 Å². The summed E-state index contributed by atoms with van der Waals surface area (Å²) >= 11 is 0. The van der Waals surface area contributed by atoms with Crippen LogP contribution in [0.25, 0.3) is 0 Å². The molecule has 0 amide bonds. The number of nitrogens with one attached hydrogen (secondary N) is 1. The molecule has 0 heterocycles. The first-order valence-corrected chi connectivity index (χ1v) is 5.63. The minimum absolute atomic E-state index is 0.110. The highest BCUT2D eigenvalue weighted by Gasteiger charge is 2.19. The van der Waals surface area contributed by atoms with E-state index in [0.717, 1.165) is 19.4 Å². The van der Waals surface area contributed by atoms with Crippen LogP contribution in [0.2, 0.25) is 0 Å². The fourth-order valence-corrected chi connectivity index (χ4v) is 1.29. The first-order chi connectivity index (χ1) is 7.09. The van der Waals surface area contributed by atoms with Crippen molar-refractivity contribution in [3.63, 3.8) is 0 Å². The van der Waals surface area contributed by atoms with Gasteiger partial charge in [0.05, 0.1) is 0 Å². The molecule has 0 aromatic rings. The molecule has 1 atom stereocenters. The second kappa shape index (κ2) is 8.68. The molecular formula is C11H23NO3. The maximum absolute atomic E-state index is 10.8. The Labute approximate surface area is 92.0 Å². The maximum Gasteiger partial charge on any atom is 0.320 e. The molecule has 0 saturated carbocycles. The SMILES string of the molecule is CCCOCCCNC(C(=O)O)C(C)C. The van der Waals surface area contributed by atoms with Crippen LogP contribution < -0.4 is 5.32 Å². The van der Waals surface area contributed by atoms with Gasteiger partial charge >= 0.3 is 5.97 Å². The van der Waals surface area contributed by atoms with Gasteiger partial charge < -0.3 is 15.2 Å². The smallest absolute Gasteiger partial charge is 0.320 e. The van der Waals surface area contributed by atoms with Gasteiger partial charge in [0.15, 0.2) is 0 Å². The topological polar surface area (TPSA) is 58.6 Å². The van der Waals surface area contributed by atoms with Crippen molar-refractivity contribution < 1.29 is 14.6 Å². The molecule has 0 fully saturated rings. The Balaban J connectivity index is 3.50. The highest BCUT2D eigenvalue weighted by atomic mass is 16.5. The van der Waals surface area contributed by atoms with Gasteiger partial charge in [-0.1, -0.05) is 20.8 Å². The molecule has 90 valence electrons. The van der Waals surface area contributed by atoms with Gasteiger partial charge in [0.25, 0.3) is 0 Å². The summed E-state index contributed by atoms with van der Waals surface area (Å²) in [5, 5.41) is 11.9. The van der Waals surface area contributed by atoms with E-state index in [1.807, 2.05) is 13.8 Å². The van der Waals surface area contributed by atoms with Crippen molar-refractivity contribution in [3.8, 4) is 0 Å². The van der Waals surface area contributed by atoms with Crippen molar-refractivity contribution in [2.45, 2.75) is 39.7 Å². The number of aliphatic carboxylic acids is 1. The monoisotopic (exact) mass is 217 g/mol. The molecule has 4 heteroatoms. The minimum Gasteiger partial charge on any atom is -0.480 e. The molecule has 0 aliphatic heterocycles. The molecule has 0 radical (unpaired) electrons. The lowest BCUT2D eigenvalue weighted by Gasteiger charge is -2.17. The van der Waals surface area contributed by atoms with Gasteiger partial charge in [-0.2, -0.15) is 0 Å². The van der Waals surface area contributed by atoms with Crippen molar-refractivity contribution in [1.29, 1.82) is 0 Å². The van der Waals surface area contributed by atoms with E-state index in [1.165, 1.54) is 0 Å². The minimum atomic E-state index is -0.778. The summed E-state index contributed by atoms with van der Waals surface area (Å²) < 4.78 is 5.30. The maximum atomic E-state index is 10.8. The third-order valence-corrected chi connectivity index (χ3v) is 2.11.